The lowest BCUT2D eigenvalue weighted by atomic mass is 10.2. The molecule has 4 nitrogen and oxygen atoms in total. The van der Waals surface area contributed by atoms with E-state index in [1.54, 1.807) is 24.3 Å². The van der Waals surface area contributed by atoms with E-state index in [9.17, 15) is 4.79 Å². The standard InChI is InChI=1S/C23H14BrCl2NO3/c24-16-5-1-15(2-6-16)13-29-18-8-3-14(4-9-18)11-21-23(28)30-22(27-21)19-10-7-17(25)12-20(19)26/h1-12H,13H2/b21-11-. The second-order valence-electron chi connectivity index (χ2n) is 6.44. The first kappa shape index (κ1) is 20.7. The molecule has 3 aromatic carbocycles. The van der Waals surface area contributed by atoms with E-state index in [-0.39, 0.29) is 11.6 Å². The van der Waals surface area contributed by atoms with Gasteiger partial charge in [-0.1, -0.05) is 63.4 Å². The zero-order valence-electron chi connectivity index (χ0n) is 15.4. The van der Waals surface area contributed by atoms with Gasteiger partial charge in [-0.15, -0.1) is 0 Å². The van der Waals surface area contributed by atoms with Gasteiger partial charge in [0.05, 0.1) is 10.6 Å². The summed E-state index contributed by atoms with van der Waals surface area (Å²) < 4.78 is 12.1. The molecule has 0 aromatic heterocycles. The molecular formula is C23H14BrCl2NO3. The van der Waals surface area contributed by atoms with Gasteiger partial charge in [-0.3, -0.25) is 0 Å². The van der Waals surface area contributed by atoms with Crippen LogP contribution in [-0.2, 0) is 16.1 Å². The van der Waals surface area contributed by atoms with Crippen LogP contribution in [0.3, 0.4) is 0 Å². The Kier molecular flexibility index (Phi) is 6.23. The summed E-state index contributed by atoms with van der Waals surface area (Å²) in [5.41, 5.74) is 2.57. The number of nitrogens with zero attached hydrogens (tertiary/aromatic N) is 1. The number of hydrogen-bond donors (Lipinski definition) is 0. The van der Waals surface area contributed by atoms with Gasteiger partial charge in [0.2, 0.25) is 5.90 Å². The molecule has 0 fully saturated rings. The fraction of sp³-hybridized carbons (Fsp3) is 0.0435. The van der Waals surface area contributed by atoms with E-state index in [2.05, 4.69) is 20.9 Å². The maximum atomic E-state index is 12.2. The third-order valence-electron chi connectivity index (χ3n) is 4.28. The largest absolute Gasteiger partial charge is 0.489 e. The van der Waals surface area contributed by atoms with Gasteiger partial charge in [0, 0.05) is 9.50 Å². The average Bonchev–Trinajstić information content (AvgIpc) is 3.08. The molecule has 0 unspecified atom stereocenters. The maximum Gasteiger partial charge on any atom is 0.363 e. The van der Waals surface area contributed by atoms with Crippen LogP contribution < -0.4 is 4.74 Å². The molecule has 150 valence electrons. The number of aliphatic imine (C=N–C) groups is 1. The number of benzene rings is 3. The van der Waals surface area contributed by atoms with Crippen molar-refractivity contribution in [3.8, 4) is 5.75 Å². The molecule has 0 saturated heterocycles. The first-order valence-corrected chi connectivity index (χ1v) is 10.5. The minimum absolute atomic E-state index is 0.155. The van der Waals surface area contributed by atoms with Crippen LogP contribution in [0.25, 0.3) is 6.08 Å². The van der Waals surface area contributed by atoms with E-state index in [1.165, 1.54) is 0 Å². The molecule has 0 spiro atoms. The van der Waals surface area contributed by atoms with Crippen molar-refractivity contribution in [3.63, 3.8) is 0 Å². The third-order valence-corrected chi connectivity index (χ3v) is 5.36. The van der Waals surface area contributed by atoms with E-state index in [4.69, 9.17) is 32.7 Å². The highest BCUT2D eigenvalue weighted by atomic mass is 79.9. The summed E-state index contributed by atoms with van der Waals surface area (Å²) in [5, 5.41) is 0.856. The molecule has 0 N–H and O–H groups in total. The monoisotopic (exact) mass is 501 g/mol. The molecule has 3 aromatic rings. The molecule has 0 aliphatic carbocycles. The molecule has 0 radical (unpaired) electrons. The maximum absolute atomic E-state index is 12.2. The van der Waals surface area contributed by atoms with Crippen molar-refractivity contribution in [2.75, 3.05) is 0 Å². The first-order valence-electron chi connectivity index (χ1n) is 8.93. The van der Waals surface area contributed by atoms with Crippen molar-refractivity contribution in [2.24, 2.45) is 4.99 Å². The van der Waals surface area contributed by atoms with E-state index in [0.29, 0.717) is 22.2 Å². The van der Waals surface area contributed by atoms with Crippen LogP contribution >= 0.6 is 39.1 Å². The normalized spacial score (nSPS) is 14.6. The quantitative estimate of drug-likeness (QED) is 0.289. The number of ether oxygens (including phenoxy) is 2. The number of esters is 1. The Morgan fingerprint density at radius 1 is 1.00 bits per heavy atom. The van der Waals surface area contributed by atoms with Crippen molar-refractivity contribution in [1.29, 1.82) is 0 Å². The van der Waals surface area contributed by atoms with Crippen LogP contribution in [0.1, 0.15) is 16.7 Å². The molecule has 4 rings (SSSR count). The van der Waals surface area contributed by atoms with Crippen molar-refractivity contribution < 1.29 is 14.3 Å². The minimum atomic E-state index is -0.536. The summed E-state index contributed by atoms with van der Waals surface area (Å²) in [6.45, 7) is 0.468. The Morgan fingerprint density at radius 3 is 2.43 bits per heavy atom. The zero-order chi connectivity index (χ0) is 21.1. The van der Waals surface area contributed by atoms with E-state index >= 15 is 0 Å². The molecule has 0 amide bonds. The number of carbonyl (C=O) groups excluding carboxylic acids is 1. The zero-order valence-corrected chi connectivity index (χ0v) is 18.5. The van der Waals surface area contributed by atoms with Gasteiger partial charge in [-0.2, -0.15) is 0 Å². The molecule has 1 aliphatic heterocycles. The highest BCUT2D eigenvalue weighted by Crippen LogP contribution is 2.26. The van der Waals surface area contributed by atoms with E-state index < -0.39 is 5.97 Å². The number of hydrogen-bond acceptors (Lipinski definition) is 4. The molecular weight excluding hydrogens is 489 g/mol. The summed E-state index contributed by atoms with van der Waals surface area (Å²) in [4.78, 5) is 16.5. The Balaban J connectivity index is 1.46. The van der Waals surface area contributed by atoms with Crippen molar-refractivity contribution in [3.05, 3.63) is 104 Å². The predicted molar refractivity (Wildman–Crippen MR) is 122 cm³/mol. The van der Waals surface area contributed by atoms with Gasteiger partial charge in [-0.25, -0.2) is 9.79 Å². The lowest BCUT2D eigenvalue weighted by molar-refractivity contribution is -0.129. The van der Waals surface area contributed by atoms with Crippen molar-refractivity contribution in [1.82, 2.24) is 0 Å². The Hall–Kier alpha value is -2.60. The lowest BCUT2D eigenvalue weighted by Crippen LogP contribution is -2.05. The second kappa shape index (κ2) is 9.04. The summed E-state index contributed by atoms with van der Waals surface area (Å²) in [6, 6.07) is 20.2. The fourth-order valence-corrected chi connectivity index (χ4v) is 3.51. The van der Waals surface area contributed by atoms with Gasteiger partial charge in [-0.05, 0) is 59.7 Å². The van der Waals surface area contributed by atoms with Gasteiger partial charge in [0.25, 0.3) is 0 Å². The predicted octanol–water partition coefficient (Wildman–Crippen LogP) is 6.68. The molecule has 7 heteroatoms. The Bertz CT molecular complexity index is 1160. The number of halogens is 3. The van der Waals surface area contributed by atoms with Crippen LogP contribution in [0.5, 0.6) is 5.75 Å². The number of rotatable bonds is 5. The van der Waals surface area contributed by atoms with E-state index in [1.807, 2.05) is 48.5 Å². The highest BCUT2D eigenvalue weighted by molar-refractivity contribution is 9.10. The molecule has 0 bridgehead atoms. The number of cyclic esters (lactones) is 1. The highest BCUT2D eigenvalue weighted by Gasteiger charge is 2.25. The van der Waals surface area contributed by atoms with Crippen molar-refractivity contribution >= 4 is 57.1 Å². The topological polar surface area (TPSA) is 47.9 Å². The molecule has 1 heterocycles. The van der Waals surface area contributed by atoms with Crippen molar-refractivity contribution in [2.45, 2.75) is 6.61 Å². The molecule has 1 aliphatic rings. The van der Waals surface area contributed by atoms with Crippen LogP contribution in [0.15, 0.2) is 81.9 Å². The molecule has 30 heavy (non-hydrogen) atoms. The smallest absolute Gasteiger partial charge is 0.363 e. The first-order chi connectivity index (χ1) is 14.5. The van der Waals surface area contributed by atoms with Gasteiger partial charge in [0.15, 0.2) is 5.70 Å². The van der Waals surface area contributed by atoms with Crippen LogP contribution in [0, 0.1) is 0 Å². The Labute approximate surface area is 191 Å². The van der Waals surface area contributed by atoms with Crippen LogP contribution in [0.2, 0.25) is 10.0 Å². The van der Waals surface area contributed by atoms with Gasteiger partial charge < -0.3 is 9.47 Å². The molecule has 0 saturated carbocycles. The minimum Gasteiger partial charge on any atom is -0.489 e. The third kappa shape index (κ3) is 4.93. The van der Waals surface area contributed by atoms with Gasteiger partial charge in [0.1, 0.15) is 12.4 Å². The van der Waals surface area contributed by atoms with Gasteiger partial charge >= 0.3 is 5.97 Å². The summed E-state index contributed by atoms with van der Waals surface area (Å²) in [6.07, 6.45) is 1.65. The van der Waals surface area contributed by atoms with Crippen LogP contribution in [-0.4, -0.2) is 11.9 Å². The summed E-state index contributed by atoms with van der Waals surface area (Å²) >= 11 is 15.5. The lowest BCUT2D eigenvalue weighted by Gasteiger charge is -2.06. The summed E-state index contributed by atoms with van der Waals surface area (Å²) in [5.74, 6) is 0.347. The molecule has 0 atom stereocenters. The SMILES string of the molecule is O=C1OC(c2ccc(Cl)cc2Cl)=N/C1=C\c1ccc(OCc2ccc(Br)cc2)cc1. The number of carbonyl (C=O) groups is 1. The summed E-state index contributed by atoms with van der Waals surface area (Å²) in [7, 11) is 0. The Morgan fingerprint density at radius 2 is 1.73 bits per heavy atom. The van der Waals surface area contributed by atoms with E-state index in [0.717, 1.165) is 21.3 Å². The fourth-order valence-electron chi connectivity index (χ4n) is 2.75. The van der Waals surface area contributed by atoms with Crippen LogP contribution in [0.4, 0.5) is 0 Å². The second-order valence-corrected chi connectivity index (χ2v) is 8.20. The average molecular weight is 503 g/mol.